The molecule has 0 saturated heterocycles. The minimum atomic E-state index is 0.245. The van der Waals surface area contributed by atoms with Gasteiger partial charge in [-0.1, -0.05) is 18.7 Å². The normalized spacial score (nSPS) is 10.2. The summed E-state index contributed by atoms with van der Waals surface area (Å²) < 4.78 is 0. The molecule has 1 heterocycles. The number of hydrogen-bond donors (Lipinski definition) is 0. The molecule has 0 bridgehead atoms. The molecule has 0 N–H and O–H groups in total. The van der Waals surface area contributed by atoms with E-state index in [4.69, 9.17) is 11.6 Å². The lowest BCUT2D eigenvalue weighted by Gasteiger charge is -2.10. The summed E-state index contributed by atoms with van der Waals surface area (Å²) in [5.74, 6) is 1.52. The maximum Gasteiger partial charge on any atom is 0.230 e. The minimum absolute atomic E-state index is 0.245. The molecule has 0 saturated carbocycles. The van der Waals surface area contributed by atoms with Crippen LogP contribution >= 0.6 is 23.4 Å². The van der Waals surface area contributed by atoms with Gasteiger partial charge in [0.15, 0.2) is 5.16 Å². The molecule has 4 nitrogen and oxygen atoms in total. The third-order valence-electron chi connectivity index (χ3n) is 1.25. The molecule has 0 aliphatic rings. The monoisotopic (exact) mass is 218 g/mol. The first-order valence-electron chi connectivity index (χ1n) is 3.85. The van der Waals surface area contributed by atoms with Crippen molar-refractivity contribution in [2.24, 2.45) is 0 Å². The van der Waals surface area contributed by atoms with E-state index in [1.165, 1.54) is 0 Å². The van der Waals surface area contributed by atoms with Gasteiger partial charge in [-0.2, -0.15) is 15.0 Å². The lowest BCUT2D eigenvalue weighted by Crippen LogP contribution is -2.13. The Morgan fingerprint density at radius 3 is 2.54 bits per heavy atom. The minimum Gasteiger partial charge on any atom is -0.347 e. The third kappa shape index (κ3) is 3.00. The van der Waals surface area contributed by atoms with Gasteiger partial charge in [0.1, 0.15) is 0 Å². The molecule has 0 amide bonds. The fourth-order valence-corrected chi connectivity index (χ4v) is 1.48. The topological polar surface area (TPSA) is 41.9 Å². The molecule has 6 heteroatoms. The standard InChI is InChI=1S/C7H11ClN4S/c1-4-13-7-10-5(8)9-6(11-7)12(2)3/h4H2,1-3H3. The Morgan fingerprint density at radius 2 is 2.00 bits per heavy atom. The van der Waals surface area contributed by atoms with E-state index in [1.807, 2.05) is 21.0 Å². The molecule has 0 aliphatic heterocycles. The summed E-state index contributed by atoms with van der Waals surface area (Å²) in [5, 5.41) is 0.917. The second kappa shape index (κ2) is 4.62. The molecule has 0 aromatic carbocycles. The maximum atomic E-state index is 5.73. The number of thioether (sulfide) groups is 1. The van der Waals surface area contributed by atoms with Crippen molar-refractivity contribution < 1.29 is 0 Å². The smallest absolute Gasteiger partial charge is 0.230 e. The van der Waals surface area contributed by atoms with Crippen LogP contribution in [-0.4, -0.2) is 34.8 Å². The van der Waals surface area contributed by atoms with Crippen LogP contribution < -0.4 is 4.90 Å². The van der Waals surface area contributed by atoms with Crippen LogP contribution in [0.1, 0.15) is 6.92 Å². The second-order valence-electron chi connectivity index (χ2n) is 2.51. The molecule has 0 aliphatic carbocycles. The van der Waals surface area contributed by atoms with Gasteiger partial charge in [0.2, 0.25) is 11.2 Å². The summed E-state index contributed by atoms with van der Waals surface area (Å²) in [6.07, 6.45) is 0. The van der Waals surface area contributed by atoms with Gasteiger partial charge in [0.05, 0.1) is 0 Å². The molecule has 13 heavy (non-hydrogen) atoms. The first-order valence-corrected chi connectivity index (χ1v) is 5.21. The van der Waals surface area contributed by atoms with Gasteiger partial charge >= 0.3 is 0 Å². The number of aromatic nitrogens is 3. The van der Waals surface area contributed by atoms with Crippen LogP contribution in [0.15, 0.2) is 5.16 Å². The fourth-order valence-electron chi connectivity index (χ4n) is 0.716. The molecule has 1 rings (SSSR count). The molecule has 0 atom stereocenters. The average Bonchev–Trinajstić information content (AvgIpc) is 2.03. The molecular formula is C7H11ClN4S. The van der Waals surface area contributed by atoms with Crippen molar-refractivity contribution in [2.75, 3.05) is 24.7 Å². The van der Waals surface area contributed by atoms with E-state index in [-0.39, 0.29) is 5.28 Å². The van der Waals surface area contributed by atoms with Gasteiger partial charge in [-0.15, -0.1) is 0 Å². The Balaban J connectivity index is 2.96. The van der Waals surface area contributed by atoms with Gasteiger partial charge in [-0.3, -0.25) is 0 Å². The lowest BCUT2D eigenvalue weighted by molar-refractivity contribution is 0.866. The zero-order valence-corrected chi connectivity index (χ0v) is 9.35. The van der Waals surface area contributed by atoms with Crippen molar-refractivity contribution in [2.45, 2.75) is 12.1 Å². The highest BCUT2D eigenvalue weighted by Gasteiger charge is 2.05. The number of rotatable bonds is 3. The molecule has 1 aromatic heterocycles. The molecule has 1 aromatic rings. The van der Waals surface area contributed by atoms with Crippen LogP contribution in [-0.2, 0) is 0 Å². The number of anilines is 1. The molecule has 0 unspecified atom stereocenters. The Morgan fingerprint density at radius 1 is 1.31 bits per heavy atom. The zero-order valence-electron chi connectivity index (χ0n) is 7.78. The number of halogens is 1. The molecular weight excluding hydrogens is 208 g/mol. The Kier molecular flexibility index (Phi) is 3.74. The van der Waals surface area contributed by atoms with E-state index in [9.17, 15) is 0 Å². The van der Waals surface area contributed by atoms with Gasteiger partial charge < -0.3 is 4.90 Å². The Labute approximate surface area is 86.7 Å². The zero-order chi connectivity index (χ0) is 9.84. The summed E-state index contributed by atoms with van der Waals surface area (Å²) >= 11 is 7.28. The molecule has 0 spiro atoms. The first kappa shape index (κ1) is 10.5. The predicted molar refractivity (Wildman–Crippen MR) is 55.6 cm³/mol. The second-order valence-corrected chi connectivity index (χ2v) is 4.08. The highest BCUT2D eigenvalue weighted by atomic mass is 35.5. The molecule has 72 valence electrons. The van der Waals surface area contributed by atoms with E-state index < -0.39 is 0 Å². The summed E-state index contributed by atoms with van der Waals surface area (Å²) in [6, 6.07) is 0. The van der Waals surface area contributed by atoms with Crippen LogP contribution in [0.2, 0.25) is 5.28 Å². The highest BCUT2D eigenvalue weighted by molar-refractivity contribution is 7.99. The lowest BCUT2D eigenvalue weighted by atomic mass is 10.8. The van der Waals surface area contributed by atoms with Gasteiger partial charge in [0.25, 0.3) is 0 Å². The molecule has 0 radical (unpaired) electrons. The maximum absolute atomic E-state index is 5.73. The Hall–Kier alpha value is -0.550. The van der Waals surface area contributed by atoms with E-state index in [0.29, 0.717) is 11.1 Å². The van der Waals surface area contributed by atoms with E-state index in [0.717, 1.165) is 5.75 Å². The van der Waals surface area contributed by atoms with Crippen molar-refractivity contribution in [3.8, 4) is 0 Å². The highest BCUT2D eigenvalue weighted by Crippen LogP contribution is 2.16. The van der Waals surface area contributed by atoms with Gasteiger partial charge in [-0.05, 0) is 17.4 Å². The van der Waals surface area contributed by atoms with Gasteiger partial charge in [0, 0.05) is 14.1 Å². The largest absolute Gasteiger partial charge is 0.347 e. The number of hydrogen-bond acceptors (Lipinski definition) is 5. The predicted octanol–water partition coefficient (Wildman–Crippen LogP) is 1.70. The SMILES string of the molecule is CCSc1nc(Cl)nc(N(C)C)n1. The average molecular weight is 219 g/mol. The first-order chi connectivity index (χ1) is 6.13. The summed E-state index contributed by atoms with van der Waals surface area (Å²) in [5.41, 5.74) is 0. The van der Waals surface area contributed by atoms with Gasteiger partial charge in [-0.25, -0.2) is 0 Å². The van der Waals surface area contributed by atoms with Crippen molar-refractivity contribution in [1.29, 1.82) is 0 Å². The number of nitrogens with zero attached hydrogens (tertiary/aromatic N) is 4. The molecule has 0 fully saturated rings. The summed E-state index contributed by atoms with van der Waals surface area (Å²) in [6.45, 7) is 2.04. The van der Waals surface area contributed by atoms with Crippen molar-refractivity contribution in [1.82, 2.24) is 15.0 Å². The van der Waals surface area contributed by atoms with Crippen molar-refractivity contribution >= 4 is 29.3 Å². The van der Waals surface area contributed by atoms with E-state index in [1.54, 1.807) is 16.7 Å². The van der Waals surface area contributed by atoms with Crippen molar-refractivity contribution in [3.05, 3.63) is 5.28 Å². The van der Waals surface area contributed by atoms with Crippen LogP contribution in [0.3, 0.4) is 0 Å². The Bertz CT molecular complexity index is 292. The fraction of sp³-hybridized carbons (Fsp3) is 0.571. The van der Waals surface area contributed by atoms with E-state index >= 15 is 0 Å². The van der Waals surface area contributed by atoms with Crippen LogP contribution in [0.4, 0.5) is 5.95 Å². The summed E-state index contributed by atoms with van der Waals surface area (Å²) in [4.78, 5) is 14.0. The van der Waals surface area contributed by atoms with Crippen molar-refractivity contribution in [3.63, 3.8) is 0 Å². The van der Waals surface area contributed by atoms with Crippen LogP contribution in [0.25, 0.3) is 0 Å². The van der Waals surface area contributed by atoms with Crippen LogP contribution in [0.5, 0.6) is 0 Å². The summed E-state index contributed by atoms with van der Waals surface area (Å²) in [7, 11) is 3.73. The van der Waals surface area contributed by atoms with Crippen LogP contribution in [0, 0.1) is 0 Å². The third-order valence-corrected chi connectivity index (χ3v) is 2.15. The van der Waals surface area contributed by atoms with E-state index in [2.05, 4.69) is 15.0 Å². The quantitative estimate of drug-likeness (QED) is 0.723.